The van der Waals surface area contributed by atoms with E-state index in [9.17, 15) is 13.2 Å². The SMILES string of the molecule is CC(C)CNS(=O)(=O)c1ccc(C(=O)N2C3CCNCC2CC3)cc1.Cl. The summed E-state index contributed by atoms with van der Waals surface area (Å²) < 4.78 is 27.1. The molecule has 8 heteroatoms. The molecule has 2 bridgehead atoms. The monoisotopic (exact) mass is 401 g/mol. The smallest absolute Gasteiger partial charge is 0.254 e. The third-order valence-electron chi connectivity index (χ3n) is 4.98. The number of sulfonamides is 1. The fourth-order valence-corrected chi connectivity index (χ4v) is 4.81. The van der Waals surface area contributed by atoms with Gasteiger partial charge in [0.25, 0.3) is 5.91 Å². The van der Waals surface area contributed by atoms with Crippen LogP contribution < -0.4 is 10.0 Å². The lowest BCUT2D eigenvalue weighted by Crippen LogP contribution is -2.42. The normalized spacial score (nSPS) is 22.8. The Labute approximate surface area is 162 Å². The molecule has 0 radical (unpaired) electrons. The van der Waals surface area contributed by atoms with Crippen molar-refractivity contribution in [1.82, 2.24) is 14.9 Å². The van der Waals surface area contributed by atoms with Gasteiger partial charge >= 0.3 is 0 Å². The number of carbonyl (C=O) groups excluding carboxylic acids is 1. The Balaban J connectivity index is 0.00000243. The molecular formula is C18H28ClN3O3S. The number of carbonyl (C=O) groups is 1. The van der Waals surface area contributed by atoms with Crippen molar-refractivity contribution in [2.75, 3.05) is 19.6 Å². The highest BCUT2D eigenvalue weighted by atomic mass is 35.5. The molecule has 0 aromatic heterocycles. The second-order valence-corrected chi connectivity index (χ2v) is 9.13. The maximum absolute atomic E-state index is 12.9. The standard InChI is InChI=1S/C18H27N3O3S.ClH/c1-13(2)11-20-25(23,24)17-7-3-14(4-8-17)18(22)21-15-5-6-16(21)12-19-10-9-15;/h3-4,7-8,13,15-16,19-20H,5-6,9-12H2,1-2H3;1H. The summed E-state index contributed by atoms with van der Waals surface area (Å²) in [5, 5.41) is 3.39. The fraction of sp³-hybridized carbons (Fsp3) is 0.611. The average Bonchev–Trinajstić information content (AvgIpc) is 2.85. The summed E-state index contributed by atoms with van der Waals surface area (Å²) in [6.45, 7) is 6.09. The Morgan fingerprint density at radius 3 is 2.50 bits per heavy atom. The van der Waals surface area contributed by atoms with Gasteiger partial charge in [0.05, 0.1) is 4.90 Å². The lowest BCUT2D eigenvalue weighted by atomic mass is 10.1. The molecule has 146 valence electrons. The molecule has 0 spiro atoms. The van der Waals surface area contributed by atoms with Crippen molar-refractivity contribution in [3.63, 3.8) is 0 Å². The van der Waals surface area contributed by atoms with Crippen LogP contribution >= 0.6 is 12.4 Å². The van der Waals surface area contributed by atoms with E-state index in [0.717, 1.165) is 32.4 Å². The zero-order valence-electron chi connectivity index (χ0n) is 15.3. The van der Waals surface area contributed by atoms with E-state index in [1.807, 2.05) is 18.7 Å². The number of benzene rings is 1. The number of fused-ring (bicyclic) bond motifs is 2. The first-order valence-electron chi connectivity index (χ1n) is 9.01. The minimum absolute atomic E-state index is 0. The first kappa shape index (κ1) is 21.2. The average molecular weight is 402 g/mol. The zero-order chi connectivity index (χ0) is 18.0. The molecule has 3 rings (SSSR count). The van der Waals surface area contributed by atoms with E-state index in [0.29, 0.717) is 18.2 Å². The Morgan fingerprint density at radius 1 is 1.19 bits per heavy atom. The van der Waals surface area contributed by atoms with Gasteiger partial charge in [-0.1, -0.05) is 13.8 Å². The van der Waals surface area contributed by atoms with Crippen LogP contribution in [0.1, 0.15) is 43.5 Å². The molecule has 1 aromatic carbocycles. The van der Waals surface area contributed by atoms with Gasteiger partial charge in [-0.2, -0.15) is 0 Å². The van der Waals surface area contributed by atoms with Crippen molar-refractivity contribution in [3.05, 3.63) is 29.8 Å². The molecule has 2 aliphatic rings. The number of amides is 1. The Morgan fingerprint density at radius 2 is 1.85 bits per heavy atom. The van der Waals surface area contributed by atoms with Gasteiger partial charge in [-0.15, -0.1) is 12.4 Å². The maximum Gasteiger partial charge on any atom is 0.254 e. The number of hydrogen-bond donors (Lipinski definition) is 2. The molecule has 1 amide bonds. The summed E-state index contributed by atoms with van der Waals surface area (Å²) >= 11 is 0. The van der Waals surface area contributed by atoms with Crippen LogP contribution in [0, 0.1) is 5.92 Å². The van der Waals surface area contributed by atoms with Gasteiger partial charge in [-0.05, 0) is 56.0 Å². The van der Waals surface area contributed by atoms with Crippen molar-refractivity contribution >= 4 is 28.3 Å². The number of halogens is 1. The summed E-state index contributed by atoms with van der Waals surface area (Å²) in [7, 11) is -3.52. The number of rotatable bonds is 5. The van der Waals surface area contributed by atoms with Gasteiger partial charge in [0.15, 0.2) is 0 Å². The van der Waals surface area contributed by atoms with Gasteiger partial charge in [0.2, 0.25) is 10.0 Å². The molecular weight excluding hydrogens is 374 g/mol. The Bertz CT molecular complexity index is 708. The van der Waals surface area contributed by atoms with E-state index in [1.54, 1.807) is 12.1 Å². The summed E-state index contributed by atoms with van der Waals surface area (Å²) in [6, 6.07) is 6.84. The Kier molecular flexibility index (Phi) is 7.07. The molecule has 2 atom stereocenters. The molecule has 2 aliphatic heterocycles. The van der Waals surface area contributed by atoms with E-state index in [2.05, 4.69) is 10.0 Å². The predicted molar refractivity (Wildman–Crippen MR) is 104 cm³/mol. The molecule has 0 saturated carbocycles. The van der Waals surface area contributed by atoms with Gasteiger partial charge in [0, 0.05) is 30.7 Å². The van der Waals surface area contributed by atoms with Crippen molar-refractivity contribution in [1.29, 1.82) is 0 Å². The van der Waals surface area contributed by atoms with Gasteiger partial charge in [0.1, 0.15) is 0 Å². The predicted octanol–water partition coefficient (Wildman–Crippen LogP) is 2.01. The van der Waals surface area contributed by atoms with Crippen LogP contribution in [-0.2, 0) is 10.0 Å². The van der Waals surface area contributed by atoms with Crippen LogP contribution in [0.4, 0.5) is 0 Å². The van der Waals surface area contributed by atoms with Crippen LogP contribution in [0.5, 0.6) is 0 Å². The minimum Gasteiger partial charge on any atom is -0.331 e. The number of nitrogens with one attached hydrogen (secondary N) is 2. The lowest BCUT2D eigenvalue weighted by Gasteiger charge is -2.28. The van der Waals surface area contributed by atoms with Crippen LogP contribution in [-0.4, -0.2) is 50.9 Å². The lowest BCUT2D eigenvalue weighted by molar-refractivity contribution is 0.0680. The minimum atomic E-state index is -3.52. The molecule has 2 fully saturated rings. The third-order valence-corrected chi connectivity index (χ3v) is 6.42. The molecule has 1 aromatic rings. The van der Waals surface area contributed by atoms with Crippen molar-refractivity contribution in [2.24, 2.45) is 5.92 Å². The quantitative estimate of drug-likeness (QED) is 0.791. The second-order valence-electron chi connectivity index (χ2n) is 7.36. The van der Waals surface area contributed by atoms with Crippen LogP contribution in [0.25, 0.3) is 0 Å². The van der Waals surface area contributed by atoms with E-state index in [4.69, 9.17) is 0 Å². The van der Waals surface area contributed by atoms with Crippen molar-refractivity contribution in [3.8, 4) is 0 Å². The van der Waals surface area contributed by atoms with Gasteiger partial charge < -0.3 is 10.2 Å². The second kappa shape index (κ2) is 8.69. The van der Waals surface area contributed by atoms with Crippen molar-refractivity contribution in [2.45, 2.75) is 50.1 Å². The zero-order valence-corrected chi connectivity index (χ0v) is 16.9. The van der Waals surface area contributed by atoms with Gasteiger partial charge in [-0.3, -0.25) is 4.79 Å². The van der Waals surface area contributed by atoms with E-state index in [1.165, 1.54) is 12.1 Å². The molecule has 2 heterocycles. The maximum atomic E-state index is 12.9. The topological polar surface area (TPSA) is 78.5 Å². The molecule has 2 saturated heterocycles. The first-order valence-corrected chi connectivity index (χ1v) is 10.5. The Hall–Kier alpha value is -1.15. The highest BCUT2D eigenvalue weighted by molar-refractivity contribution is 7.89. The molecule has 0 aliphatic carbocycles. The van der Waals surface area contributed by atoms with Crippen molar-refractivity contribution < 1.29 is 13.2 Å². The fourth-order valence-electron chi connectivity index (χ4n) is 3.60. The largest absolute Gasteiger partial charge is 0.331 e. The van der Waals surface area contributed by atoms with Crippen LogP contribution in [0.3, 0.4) is 0 Å². The molecule has 2 N–H and O–H groups in total. The summed E-state index contributed by atoms with van der Waals surface area (Å²) in [6.07, 6.45) is 3.08. The highest BCUT2D eigenvalue weighted by Gasteiger charge is 2.38. The summed E-state index contributed by atoms with van der Waals surface area (Å²) in [5.41, 5.74) is 0.557. The third kappa shape index (κ3) is 4.57. The van der Waals surface area contributed by atoms with E-state index in [-0.39, 0.29) is 35.2 Å². The first-order chi connectivity index (χ1) is 11.9. The molecule has 26 heavy (non-hydrogen) atoms. The summed E-state index contributed by atoms with van der Waals surface area (Å²) in [5.74, 6) is 0.248. The van der Waals surface area contributed by atoms with Gasteiger partial charge in [-0.25, -0.2) is 13.1 Å². The van der Waals surface area contributed by atoms with E-state index < -0.39 is 10.0 Å². The highest BCUT2D eigenvalue weighted by Crippen LogP contribution is 2.29. The van der Waals surface area contributed by atoms with Crippen LogP contribution in [0.2, 0.25) is 0 Å². The van der Waals surface area contributed by atoms with E-state index >= 15 is 0 Å². The number of hydrogen-bond acceptors (Lipinski definition) is 4. The molecule has 6 nitrogen and oxygen atoms in total. The van der Waals surface area contributed by atoms with Crippen LogP contribution in [0.15, 0.2) is 29.2 Å². The number of nitrogens with zero attached hydrogens (tertiary/aromatic N) is 1. The molecule has 2 unspecified atom stereocenters. The summed E-state index contributed by atoms with van der Waals surface area (Å²) in [4.78, 5) is 15.1.